The predicted molar refractivity (Wildman–Crippen MR) is 125 cm³/mol. The van der Waals surface area contributed by atoms with Crippen molar-refractivity contribution in [3.8, 4) is 0 Å². The number of halogens is 2. The Morgan fingerprint density at radius 2 is 2.00 bits per heavy atom. The van der Waals surface area contributed by atoms with Crippen LogP contribution in [-0.2, 0) is 14.9 Å². The van der Waals surface area contributed by atoms with E-state index in [1.165, 1.54) is 18.2 Å². The lowest BCUT2D eigenvalue weighted by Gasteiger charge is -2.44. The summed E-state index contributed by atoms with van der Waals surface area (Å²) in [6.45, 7) is 4.47. The second-order valence-electron chi connectivity index (χ2n) is 9.09. The zero-order chi connectivity index (χ0) is 23.8. The molecule has 8 heteroatoms. The van der Waals surface area contributed by atoms with Gasteiger partial charge in [-0.15, -0.1) is 0 Å². The molecule has 2 aliphatic rings. The van der Waals surface area contributed by atoms with E-state index in [9.17, 15) is 14.0 Å². The number of benzene rings is 2. The summed E-state index contributed by atoms with van der Waals surface area (Å²) in [4.78, 5) is 27.4. The van der Waals surface area contributed by atoms with Crippen molar-refractivity contribution in [2.24, 2.45) is 0 Å². The first kappa shape index (κ1) is 23.4. The van der Waals surface area contributed by atoms with E-state index >= 15 is 0 Å². The van der Waals surface area contributed by atoms with E-state index in [0.717, 1.165) is 0 Å². The van der Waals surface area contributed by atoms with Gasteiger partial charge >= 0.3 is 0 Å². The molecule has 33 heavy (non-hydrogen) atoms. The summed E-state index contributed by atoms with van der Waals surface area (Å²) in [5, 5.41) is 11.6. The molecule has 0 saturated carbocycles. The molecule has 2 N–H and O–H groups in total. The number of carbonyl (C=O) groups is 2. The Balaban J connectivity index is 1.57. The van der Waals surface area contributed by atoms with Crippen LogP contribution in [0, 0.1) is 11.2 Å². The average Bonchev–Trinajstić information content (AvgIpc) is 2.75. The number of ether oxygens (including phenoxy) is 1. The summed E-state index contributed by atoms with van der Waals surface area (Å²) in [6.07, 6.45) is 2.03. The van der Waals surface area contributed by atoms with Gasteiger partial charge < -0.3 is 10.1 Å². The van der Waals surface area contributed by atoms with Crippen molar-refractivity contribution in [1.29, 1.82) is 5.41 Å². The fourth-order valence-corrected chi connectivity index (χ4v) is 5.24. The first-order valence-electron chi connectivity index (χ1n) is 11.1. The highest BCUT2D eigenvalue weighted by Crippen LogP contribution is 2.43. The zero-order valence-electron chi connectivity index (χ0n) is 18.7. The monoisotopic (exact) mass is 471 g/mol. The molecule has 0 bridgehead atoms. The van der Waals surface area contributed by atoms with Crippen molar-refractivity contribution in [1.82, 2.24) is 4.90 Å². The lowest BCUT2D eigenvalue weighted by molar-refractivity contribution is -0.134. The highest BCUT2D eigenvalue weighted by molar-refractivity contribution is 6.35. The lowest BCUT2D eigenvalue weighted by Crippen LogP contribution is -2.54. The van der Waals surface area contributed by atoms with Gasteiger partial charge in [0, 0.05) is 30.9 Å². The molecule has 2 saturated heterocycles. The van der Waals surface area contributed by atoms with Gasteiger partial charge in [-0.05, 0) is 43.5 Å². The molecular weight excluding hydrogens is 445 g/mol. The summed E-state index contributed by atoms with van der Waals surface area (Å²) in [6, 6.07) is 10.9. The Bertz CT molecular complexity index is 1090. The van der Waals surface area contributed by atoms with Crippen molar-refractivity contribution in [2.45, 2.75) is 57.1 Å². The molecule has 0 unspecified atom stereocenters. The van der Waals surface area contributed by atoms with Gasteiger partial charge in [-0.2, -0.15) is 0 Å². The molecule has 2 heterocycles. The number of nitrogens with one attached hydrogen (secondary N) is 2. The predicted octanol–water partition coefficient (Wildman–Crippen LogP) is 5.16. The van der Waals surface area contributed by atoms with Gasteiger partial charge in [-0.25, -0.2) is 4.39 Å². The molecule has 0 radical (unpaired) electrons. The van der Waals surface area contributed by atoms with Gasteiger partial charge in [0.1, 0.15) is 11.7 Å². The third-order valence-electron chi connectivity index (χ3n) is 6.50. The molecule has 3 atom stereocenters. The van der Waals surface area contributed by atoms with Crippen LogP contribution in [0.2, 0.25) is 5.02 Å². The fraction of sp³-hybridized carbons (Fsp3) is 0.400. The van der Waals surface area contributed by atoms with E-state index < -0.39 is 17.1 Å². The molecule has 2 aromatic rings. The van der Waals surface area contributed by atoms with E-state index in [1.807, 2.05) is 19.9 Å². The normalized spacial score (nSPS) is 25.8. The minimum absolute atomic E-state index is 0.0276. The molecule has 0 aliphatic carbocycles. The standard InChI is InChI=1S/C25H27ClFN3O3/c1-15-12-16(10-11-33-15)30-21(28)13-25(2,14-22(30)31)18-7-5-9-20(23(18)26)29-24(32)17-6-3-4-8-19(17)27/h3-9,15-16,28H,10-14H2,1-2H3,(H,29,32)/t15-,16-,25+/m1/s1. The average molecular weight is 472 g/mol. The minimum Gasteiger partial charge on any atom is -0.378 e. The van der Waals surface area contributed by atoms with Crippen LogP contribution >= 0.6 is 11.6 Å². The first-order valence-corrected chi connectivity index (χ1v) is 11.4. The number of carbonyl (C=O) groups excluding carboxylic acids is 2. The fourth-order valence-electron chi connectivity index (χ4n) is 4.84. The quantitative estimate of drug-likeness (QED) is 0.646. The molecule has 2 fully saturated rings. The molecule has 2 aromatic carbocycles. The molecule has 6 nitrogen and oxygen atoms in total. The molecule has 0 aromatic heterocycles. The Morgan fingerprint density at radius 3 is 2.70 bits per heavy atom. The summed E-state index contributed by atoms with van der Waals surface area (Å²) in [5.41, 5.74) is 0.232. The summed E-state index contributed by atoms with van der Waals surface area (Å²) in [7, 11) is 0. The van der Waals surface area contributed by atoms with Crippen LogP contribution in [-0.4, -0.2) is 41.3 Å². The van der Waals surface area contributed by atoms with Crippen LogP contribution < -0.4 is 5.32 Å². The Morgan fingerprint density at radius 1 is 1.24 bits per heavy atom. The number of nitrogens with zero attached hydrogens (tertiary/aromatic N) is 1. The van der Waals surface area contributed by atoms with E-state index in [4.69, 9.17) is 21.7 Å². The lowest BCUT2D eigenvalue weighted by atomic mass is 9.73. The third-order valence-corrected chi connectivity index (χ3v) is 6.90. The minimum atomic E-state index is -0.697. The van der Waals surface area contributed by atoms with Crippen LogP contribution in [0.5, 0.6) is 0 Å². The van der Waals surface area contributed by atoms with Crippen molar-refractivity contribution in [2.75, 3.05) is 11.9 Å². The molecule has 2 amide bonds. The van der Waals surface area contributed by atoms with Crippen LogP contribution in [0.25, 0.3) is 0 Å². The van der Waals surface area contributed by atoms with E-state index in [0.29, 0.717) is 42.1 Å². The molecule has 174 valence electrons. The second kappa shape index (κ2) is 9.23. The highest BCUT2D eigenvalue weighted by atomic mass is 35.5. The number of rotatable bonds is 4. The van der Waals surface area contributed by atoms with Crippen molar-refractivity contribution in [3.05, 3.63) is 64.4 Å². The van der Waals surface area contributed by atoms with Gasteiger partial charge in [-0.1, -0.05) is 42.8 Å². The maximum Gasteiger partial charge on any atom is 0.258 e. The Kier molecular flexibility index (Phi) is 6.54. The summed E-state index contributed by atoms with van der Waals surface area (Å²) in [5.74, 6) is -1.07. The topological polar surface area (TPSA) is 82.5 Å². The summed E-state index contributed by atoms with van der Waals surface area (Å²) < 4.78 is 19.6. The van der Waals surface area contributed by atoms with Gasteiger partial charge in [-0.3, -0.25) is 19.9 Å². The van der Waals surface area contributed by atoms with Gasteiger partial charge in [0.25, 0.3) is 5.91 Å². The van der Waals surface area contributed by atoms with Crippen LogP contribution in [0.1, 0.15) is 55.5 Å². The third kappa shape index (κ3) is 4.66. The van der Waals surface area contributed by atoms with Crippen molar-refractivity contribution < 1.29 is 18.7 Å². The van der Waals surface area contributed by atoms with Crippen LogP contribution in [0.3, 0.4) is 0 Å². The highest BCUT2D eigenvalue weighted by Gasteiger charge is 2.44. The number of piperidine rings is 1. The molecular formula is C25H27ClFN3O3. The van der Waals surface area contributed by atoms with Crippen molar-refractivity contribution in [3.63, 3.8) is 0 Å². The van der Waals surface area contributed by atoms with Gasteiger partial charge in [0.05, 0.1) is 22.4 Å². The van der Waals surface area contributed by atoms with E-state index in [-0.39, 0.29) is 35.9 Å². The van der Waals surface area contributed by atoms with Crippen LogP contribution in [0.15, 0.2) is 42.5 Å². The smallest absolute Gasteiger partial charge is 0.258 e. The van der Waals surface area contributed by atoms with Gasteiger partial charge in [0.15, 0.2) is 0 Å². The van der Waals surface area contributed by atoms with Crippen LogP contribution in [0.4, 0.5) is 10.1 Å². The zero-order valence-corrected chi connectivity index (χ0v) is 19.4. The number of hydrogen-bond donors (Lipinski definition) is 2. The Hall–Kier alpha value is -2.77. The van der Waals surface area contributed by atoms with Gasteiger partial charge in [0.2, 0.25) is 5.91 Å². The number of likely N-dealkylation sites (tertiary alicyclic amines) is 1. The maximum atomic E-state index is 14.0. The van der Waals surface area contributed by atoms with E-state index in [2.05, 4.69) is 5.32 Å². The van der Waals surface area contributed by atoms with Crippen molar-refractivity contribution >= 4 is 34.9 Å². The first-order chi connectivity index (χ1) is 15.7. The SMILES string of the molecule is C[C@@H]1C[C@H](N2C(=N)C[C@](C)(c3cccc(NC(=O)c4ccccc4F)c3Cl)CC2=O)CCO1. The van der Waals surface area contributed by atoms with E-state index in [1.54, 1.807) is 23.1 Å². The number of anilines is 1. The number of hydrogen-bond acceptors (Lipinski definition) is 4. The molecule has 0 spiro atoms. The second-order valence-corrected chi connectivity index (χ2v) is 9.46. The Labute approximate surface area is 197 Å². The number of amidine groups is 1. The largest absolute Gasteiger partial charge is 0.378 e. The maximum absolute atomic E-state index is 14.0. The summed E-state index contributed by atoms with van der Waals surface area (Å²) >= 11 is 6.68. The molecule has 2 aliphatic heterocycles. The number of amides is 2. The molecule has 4 rings (SSSR count).